The Morgan fingerprint density at radius 2 is 1.90 bits per heavy atom. The van der Waals surface area contributed by atoms with Gasteiger partial charge in [-0.3, -0.25) is 4.98 Å². The van der Waals surface area contributed by atoms with Crippen molar-refractivity contribution in [3.05, 3.63) is 65.1 Å². The first-order valence-electron chi connectivity index (χ1n) is 6.96. The molecule has 3 aromatic rings. The van der Waals surface area contributed by atoms with Crippen molar-refractivity contribution < 1.29 is 5.11 Å². The molecule has 0 saturated heterocycles. The van der Waals surface area contributed by atoms with Crippen LogP contribution in [0.1, 0.15) is 28.6 Å². The molecule has 0 bridgehead atoms. The van der Waals surface area contributed by atoms with E-state index in [4.69, 9.17) is 0 Å². The van der Waals surface area contributed by atoms with Crippen molar-refractivity contribution in [2.24, 2.45) is 0 Å². The summed E-state index contributed by atoms with van der Waals surface area (Å²) in [7, 11) is 0. The molecular formula is C17H17N3O. The molecule has 0 radical (unpaired) electrons. The van der Waals surface area contributed by atoms with E-state index in [9.17, 15) is 5.11 Å². The van der Waals surface area contributed by atoms with E-state index in [0.29, 0.717) is 6.42 Å². The average Bonchev–Trinajstić information content (AvgIpc) is 2.50. The molecule has 21 heavy (non-hydrogen) atoms. The fourth-order valence-electron chi connectivity index (χ4n) is 2.56. The number of aliphatic hydroxyl groups is 1. The van der Waals surface area contributed by atoms with Crippen LogP contribution in [0.2, 0.25) is 0 Å². The zero-order valence-electron chi connectivity index (χ0n) is 12.1. The van der Waals surface area contributed by atoms with Gasteiger partial charge in [-0.15, -0.1) is 0 Å². The van der Waals surface area contributed by atoms with E-state index in [1.165, 1.54) is 0 Å². The minimum atomic E-state index is -0.593. The Bertz CT molecular complexity index is 781. The van der Waals surface area contributed by atoms with Gasteiger partial charge in [0.1, 0.15) is 0 Å². The van der Waals surface area contributed by atoms with Gasteiger partial charge >= 0.3 is 0 Å². The van der Waals surface area contributed by atoms with Crippen LogP contribution in [-0.2, 0) is 6.42 Å². The smallest absolute Gasteiger partial charge is 0.0849 e. The molecule has 0 spiro atoms. The fourth-order valence-corrected chi connectivity index (χ4v) is 2.56. The van der Waals surface area contributed by atoms with Crippen LogP contribution in [0.3, 0.4) is 0 Å². The van der Waals surface area contributed by atoms with Crippen molar-refractivity contribution in [2.75, 3.05) is 0 Å². The minimum absolute atomic E-state index is 0.537. The van der Waals surface area contributed by atoms with Crippen LogP contribution < -0.4 is 0 Å². The highest BCUT2D eigenvalue weighted by atomic mass is 16.3. The van der Waals surface area contributed by atoms with E-state index in [-0.39, 0.29) is 0 Å². The van der Waals surface area contributed by atoms with Gasteiger partial charge in [-0.2, -0.15) is 10.2 Å². The first-order valence-corrected chi connectivity index (χ1v) is 6.96. The molecular weight excluding hydrogens is 262 g/mol. The van der Waals surface area contributed by atoms with Crippen LogP contribution in [0, 0.1) is 13.8 Å². The molecule has 3 rings (SSSR count). The van der Waals surface area contributed by atoms with Crippen LogP contribution in [0.25, 0.3) is 10.9 Å². The Balaban J connectivity index is 1.96. The summed E-state index contributed by atoms with van der Waals surface area (Å²) in [5.74, 6) is 0. The predicted octanol–water partition coefficient (Wildman–Crippen LogP) is 2.92. The molecule has 0 amide bonds. The number of hydrogen-bond acceptors (Lipinski definition) is 4. The Labute approximate surface area is 123 Å². The second kappa shape index (κ2) is 5.58. The van der Waals surface area contributed by atoms with E-state index in [1.807, 2.05) is 50.2 Å². The van der Waals surface area contributed by atoms with Gasteiger partial charge in [0.15, 0.2) is 0 Å². The standard InChI is InChI=1S/C17H17N3O/c1-11-9-15(12(2)20-19-11)17(21)10-13-7-8-18-16-6-4-3-5-14(13)16/h3-9,17,21H,10H2,1-2H3. The van der Waals surface area contributed by atoms with Crippen molar-refractivity contribution >= 4 is 10.9 Å². The number of aliphatic hydroxyl groups excluding tert-OH is 1. The average molecular weight is 279 g/mol. The summed E-state index contributed by atoms with van der Waals surface area (Å²) in [6.07, 6.45) is 1.73. The summed E-state index contributed by atoms with van der Waals surface area (Å²) in [5.41, 5.74) is 4.45. The minimum Gasteiger partial charge on any atom is -0.388 e. The quantitative estimate of drug-likeness (QED) is 0.801. The van der Waals surface area contributed by atoms with Gasteiger partial charge in [0.05, 0.1) is 23.0 Å². The molecule has 0 saturated carbocycles. The highest BCUT2D eigenvalue weighted by Gasteiger charge is 2.14. The third-order valence-corrected chi connectivity index (χ3v) is 3.65. The molecule has 0 aliphatic heterocycles. The molecule has 2 aromatic heterocycles. The third-order valence-electron chi connectivity index (χ3n) is 3.65. The molecule has 1 unspecified atom stereocenters. The summed E-state index contributed by atoms with van der Waals surface area (Å²) in [4.78, 5) is 4.35. The Morgan fingerprint density at radius 3 is 2.76 bits per heavy atom. The maximum atomic E-state index is 10.6. The van der Waals surface area contributed by atoms with Crippen molar-refractivity contribution in [3.63, 3.8) is 0 Å². The molecule has 4 heteroatoms. The first-order chi connectivity index (χ1) is 10.1. The van der Waals surface area contributed by atoms with E-state index in [0.717, 1.165) is 33.4 Å². The number of rotatable bonds is 3. The lowest BCUT2D eigenvalue weighted by molar-refractivity contribution is 0.177. The number of aryl methyl sites for hydroxylation is 2. The lowest BCUT2D eigenvalue weighted by atomic mass is 9.98. The van der Waals surface area contributed by atoms with Crippen LogP contribution >= 0.6 is 0 Å². The van der Waals surface area contributed by atoms with Gasteiger partial charge in [0, 0.05) is 23.6 Å². The summed E-state index contributed by atoms with van der Waals surface area (Å²) in [5, 5.41) is 19.7. The number of hydrogen-bond donors (Lipinski definition) is 1. The van der Waals surface area contributed by atoms with Gasteiger partial charge in [-0.05, 0) is 37.6 Å². The number of fused-ring (bicyclic) bond motifs is 1. The third kappa shape index (κ3) is 2.76. The van der Waals surface area contributed by atoms with Gasteiger partial charge in [-0.1, -0.05) is 18.2 Å². The van der Waals surface area contributed by atoms with Crippen LogP contribution in [0.15, 0.2) is 42.6 Å². The predicted molar refractivity (Wildman–Crippen MR) is 81.9 cm³/mol. The number of para-hydroxylation sites is 1. The Morgan fingerprint density at radius 1 is 1.10 bits per heavy atom. The fraction of sp³-hybridized carbons (Fsp3) is 0.235. The maximum Gasteiger partial charge on any atom is 0.0849 e. The number of aromatic nitrogens is 3. The zero-order chi connectivity index (χ0) is 14.8. The van der Waals surface area contributed by atoms with E-state index < -0.39 is 6.10 Å². The topological polar surface area (TPSA) is 58.9 Å². The molecule has 0 aliphatic carbocycles. The second-order valence-corrected chi connectivity index (χ2v) is 5.23. The van der Waals surface area contributed by atoms with Crippen LogP contribution in [0.4, 0.5) is 0 Å². The normalized spacial score (nSPS) is 12.5. The SMILES string of the molecule is Cc1cc(C(O)Cc2ccnc3ccccc23)c(C)nn1. The van der Waals surface area contributed by atoms with E-state index >= 15 is 0 Å². The van der Waals surface area contributed by atoms with Crippen LogP contribution in [0.5, 0.6) is 0 Å². The second-order valence-electron chi connectivity index (χ2n) is 5.23. The summed E-state index contributed by atoms with van der Waals surface area (Å²) in [6, 6.07) is 11.8. The Kier molecular flexibility index (Phi) is 3.62. The summed E-state index contributed by atoms with van der Waals surface area (Å²) >= 11 is 0. The van der Waals surface area contributed by atoms with Crippen molar-refractivity contribution in [1.82, 2.24) is 15.2 Å². The van der Waals surface area contributed by atoms with E-state index in [2.05, 4.69) is 15.2 Å². The van der Waals surface area contributed by atoms with Gasteiger partial charge in [0.25, 0.3) is 0 Å². The molecule has 1 N–H and O–H groups in total. The van der Waals surface area contributed by atoms with Crippen molar-refractivity contribution in [1.29, 1.82) is 0 Å². The van der Waals surface area contributed by atoms with Gasteiger partial charge in [0.2, 0.25) is 0 Å². The summed E-state index contributed by atoms with van der Waals surface area (Å²) < 4.78 is 0. The van der Waals surface area contributed by atoms with Gasteiger partial charge in [-0.25, -0.2) is 0 Å². The van der Waals surface area contributed by atoms with Gasteiger partial charge < -0.3 is 5.11 Å². The maximum absolute atomic E-state index is 10.6. The molecule has 106 valence electrons. The highest BCUT2D eigenvalue weighted by molar-refractivity contribution is 5.81. The molecule has 1 aromatic carbocycles. The largest absolute Gasteiger partial charge is 0.388 e. The molecule has 0 fully saturated rings. The highest BCUT2D eigenvalue weighted by Crippen LogP contribution is 2.24. The zero-order valence-corrected chi connectivity index (χ0v) is 12.1. The molecule has 2 heterocycles. The first kappa shape index (κ1) is 13.6. The van der Waals surface area contributed by atoms with E-state index in [1.54, 1.807) is 6.20 Å². The number of benzene rings is 1. The molecule has 0 aliphatic rings. The lowest BCUT2D eigenvalue weighted by Crippen LogP contribution is -2.07. The summed E-state index contributed by atoms with van der Waals surface area (Å²) in [6.45, 7) is 3.75. The molecule has 1 atom stereocenters. The Hall–Kier alpha value is -2.33. The number of pyridine rings is 1. The van der Waals surface area contributed by atoms with Crippen LogP contribution in [-0.4, -0.2) is 20.3 Å². The number of nitrogens with zero attached hydrogens (tertiary/aromatic N) is 3. The molecule has 4 nitrogen and oxygen atoms in total. The monoisotopic (exact) mass is 279 g/mol. The van der Waals surface area contributed by atoms with Crippen molar-refractivity contribution in [2.45, 2.75) is 26.4 Å². The lowest BCUT2D eigenvalue weighted by Gasteiger charge is -2.14. The van der Waals surface area contributed by atoms with Crippen molar-refractivity contribution in [3.8, 4) is 0 Å².